The van der Waals surface area contributed by atoms with Gasteiger partial charge in [0, 0.05) is 19.1 Å². The van der Waals surface area contributed by atoms with Crippen LogP contribution >= 0.6 is 0 Å². The summed E-state index contributed by atoms with van der Waals surface area (Å²) >= 11 is 0. The molecule has 2 aliphatic rings. The molecule has 3 rings (SSSR count). The molecule has 1 saturated carbocycles. The highest BCUT2D eigenvalue weighted by Crippen LogP contribution is 2.29. The maximum absolute atomic E-state index is 12.8. The molecule has 0 aromatic heterocycles. The molecular weight excluding hydrogens is 248 g/mol. The maximum Gasteiger partial charge on any atom is 0.240 e. The minimum Gasteiger partial charge on any atom is -0.338 e. The predicted octanol–water partition coefficient (Wildman–Crippen LogP) is 2.35. The lowest BCUT2D eigenvalue weighted by molar-refractivity contribution is -0.134. The zero-order valence-electron chi connectivity index (χ0n) is 12.4. The summed E-state index contributed by atoms with van der Waals surface area (Å²) < 4.78 is 0. The first-order valence-electron chi connectivity index (χ1n) is 7.76. The topological polar surface area (TPSA) is 32.3 Å². The molecule has 1 amide bonds. The van der Waals surface area contributed by atoms with Crippen molar-refractivity contribution in [3.8, 4) is 0 Å². The highest BCUT2D eigenvalue weighted by atomic mass is 16.2. The van der Waals surface area contributed by atoms with Crippen molar-refractivity contribution in [3.05, 3.63) is 35.4 Å². The second-order valence-electron chi connectivity index (χ2n) is 6.52. The van der Waals surface area contributed by atoms with Gasteiger partial charge < -0.3 is 10.2 Å². The number of hydrogen-bond acceptors (Lipinski definition) is 2. The van der Waals surface area contributed by atoms with Crippen LogP contribution < -0.4 is 5.32 Å². The van der Waals surface area contributed by atoms with Crippen LogP contribution in [0.2, 0.25) is 0 Å². The molecule has 1 aromatic carbocycles. The lowest BCUT2D eigenvalue weighted by Crippen LogP contribution is -2.51. The van der Waals surface area contributed by atoms with E-state index in [0.717, 1.165) is 19.5 Å². The Morgan fingerprint density at radius 3 is 2.65 bits per heavy atom. The van der Waals surface area contributed by atoms with E-state index in [1.54, 1.807) is 0 Å². The van der Waals surface area contributed by atoms with Gasteiger partial charge in [-0.3, -0.25) is 4.79 Å². The number of nitrogens with zero attached hydrogens (tertiary/aromatic N) is 1. The first-order valence-corrected chi connectivity index (χ1v) is 7.76. The summed E-state index contributed by atoms with van der Waals surface area (Å²) in [7, 11) is 0. The molecule has 1 N–H and O–H groups in total. The zero-order chi connectivity index (χ0) is 14.1. The highest BCUT2D eigenvalue weighted by molar-refractivity contribution is 5.83. The normalized spacial score (nSPS) is 21.6. The van der Waals surface area contributed by atoms with Crippen LogP contribution in [-0.2, 0) is 17.8 Å². The van der Waals surface area contributed by atoms with Crippen molar-refractivity contribution in [2.24, 2.45) is 5.92 Å². The van der Waals surface area contributed by atoms with Crippen molar-refractivity contribution in [1.29, 1.82) is 0 Å². The maximum atomic E-state index is 12.8. The molecule has 108 valence electrons. The van der Waals surface area contributed by atoms with Crippen LogP contribution in [0.1, 0.15) is 37.8 Å². The van der Waals surface area contributed by atoms with Crippen LogP contribution in [0.5, 0.6) is 0 Å². The van der Waals surface area contributed by atoms with Gasteiger partial charge in [-0.2, -0.15) is 0 Å². The number of amides is 1. The van der Waals surface area contributed by atoms with Crippen molar-refractivity contribution < 1.29 is 4.79 Å². The van der Waals surface area contributed by atoms with Crippen LogP contribution in [0.15, 0.2) is 24.3 Å². The lowest BCUT2D eigenvalue weighted by Gasteiger charge is -2.32. The van der Waals surface area contributed by atoms with Gasteiger partial charge in [0.25, 0.3) is 0 Å². The Labute approximate surface area is 121 Å². The number of nitrogens with one attached hydrogen (secondary N) is 1. The molecule has 0 radical (unpaired) electrons. The molecule has 1 aromatic rings. The Hall–Kier alpha value is -1.35. The van der Waals surface area contributed by atoms with Gasteiger partial charge in [0.05, 0.1) is 6.04 Å². The fraction of sp³-hybridized carbons (Fsp3) is 0.588. The molecule has 3 heteroatoms. The van der Waals surface area contributed by atoms with Crippen LogP contribution in [-0.4, -0.2) is 29.4 Å². The summed E-state index contributed by atoms with van der Waals surface area (Å²) in [5.41, 5.74) is 2.66. The molecule has 1 atom stereocenters. The third-order valence-corrected chi connectivity index (χ3v) is 4.21. The molecule has 20 heavy (non-hydrogen) atoms. The third-order valence-electron chi connectivity index (χ3n) is 4.21. The average molecular weight is 272 g/mol. The number of carbonyl (C=O) groups excluding carboxylic acids is 1. The van der Waals surface area contributed by atoms with Crippen molar-refractivity contribution in [2.75, 3.05) is 6.54 Å². The molecule has 0 spiro atoms. The minimum absolute atomic E-state index is 0.0377. The largest absolute Gasteiger partial charge is 0.338 e. The summed E-state index contributed by atoms with van der Waals surface area (Å²) in [6, 6.07) is 8.90. The van der Waals surface area contributed by atoms with E-state index in [4.69, 9.17) is 0 Å². The summed E-state index contributed by atoms with van der Waals surface area (Å²) in [5.74, 6) is 0.839. The molecule has 1 aliphatic heterocycles. The van der Waals surface area contributed by atoms with Crippen LogP contribution in [0.4, 0.5) is 0 Å². The van der Waals surface area contributed by atoms with E-state index in [-0.39, 0.29) is 6.04 Å². The molecule has 0 bridgehead atoms. The second-order valence-corrected chi connectivity index (χ2v) is 6.52. The molecule has 1 heterocycles. The second kappa shape index (κ2) is 5.57. The highest BCUT2D eigenvalue weighted by Gasteiger charge is 2.36. The van der Waals surface area contributed by atoms with Crippen LogP contribution in [0.25, 0.3) is 0 Å². The smallest absolute Gasteiger partial charge is 0.240 e. The summed E-state index contributed by atoms with van der Waals surface area (Å²) in [4.78, 5) is 14.9. The Morgan fingerprint density at radius 1 is 1.30 bits per heavy atom. The average Bonchev–Trinajstić information content (AvgIpc) is 3.28. The SMILES string of the molecule is CC(C)CN(C(=O)[C@@H]1Cc2ccccc2CN1)C1CC1. The number of benzene rings is 1. The third kappa shape index (κ3) is 2.88. The Balaban J connectivity index is 1.71. The zero-order valence-corrected chi connectivity index (χ0v) is 12.4. The number of carbonyl (C=O) groups is 1. The van der Waals surface area contributed by atoms with E-state index in [1.165, 1.54) is 24.0 Å². The summed E-state index contributed by atoms with van der Waals surface area (Å²) in [6.45, 7) is 6.08. The number of fused-ring (bicyclic) bond motifs is 1. The van der Waals surface area contributed by atoms with E-state index in [9.17, 15) is 4.79 Å². The predicted molar refractivity (Wildman–Crippen MR) is 80.3 cm³/mol. The van der Waals surface area contributed by atoms with Gasteiger partial charge in [-0.1, -0.05) is 38.1 Å². The van der Waals surface area contributed by atoms with Gasteiger partial charge in [-0.05, 0) is 36.3 Å². The van der Waals surface area contributed by atoms with Crippen molar-refractivity contribution in [2.45, 2.75) is 51.7 Å². The first-order chi connectivity index (χ1) is 9.65. The molecular formula is C17H24N2O. The number of hydrogen-bond donors (Lipinski definition) is 1. The Morgan fingerprint density at radius 2 is 2.00 bits per heavy atom. The van der Waals surface area contributed by atoms with Crippen molar-refractivity contribution >= 4 is 5.91 Å². The molecule has 1 aliphatic carbocycles. The lowest BCUT2D eigenvalue weighted by atomic mass is 9.95. The van der Waals surface area contributed by atoms with E-state index < -0.39 is 0 Å². The van der Waals surface area contributed by atoms with Gasteiger partial charge in [-0.15, -0.1) is 0 Å². The van der Waals surface area contributed by atoms with Gasteiger partial charge in [0.1, 0.15) is 0 Å². The van der Waals surface area contributed by atoms with Gasteiger partial charge in [-0.25, -0.2) is 0 Å². The monoisotopic (exact) mass is 272 g/mol. The fourth-order valence-electron chi connectivity index (χ4n) is 3.03. The van der Waals surface area contributed by atoms with E-state index >= 15 is 0 Å². The minimum atomic E-state index is -0.0377. The molecule has 1 fully saturated rings. The summed E-state index contributed by atoms with van der Waals surface area (Å²) in [5, 5.41) is 3.42. The molecule has 3 nitrogen and oxygen atoms in total. The Kier molecular flexibility index (Phi) is 3.79. The molecule has 0 saturated heterocycles. The van der Waals surface area contributed by atoms with E-state index in [2.05, 4.69) is 48.3 Å². The summed E-state index contributed by atoms with van der Waals surface area (Å²) in [6.07, 6.45) is 3.19. The van der Waals surface area contributed by atoms with Crippen molar-refractivity contribution in [3.63, 3.8) is 0 Å². The van der Waals surface area contributed by atoms with Crippen molar-refractivity contribution in [1.82, 2.24) is 10.2 Å². The Bertz CT molecular complexity index is 494. The van der Waals surface area contributed by atoms with Crippen LogP contribution in [0, 0.1) is 5.92 Å². The van der Waals surface area contributed by atoms with Crippen LogP contribution in [0.3, 0.4) is 0 Å². The van der Waals surface area contributed by atoms with E-state index in [1.807, 2.05) is 0 Å². The fourth-order valence-corrected chi connectivity index (χ4v) is 3.03. The van der Waals surface area contributed by atoms with E-state index in [0.29, 0.717) is 17.9 Å². The first kappa shape index (κ1) is 13.6. The van der Waals surface area contributed by atoms with Gasteiger partial charge in [0.15, 0.2) is 0 Å². The standard InChI is InChI=1S/C17H24N2O/c1-12(2)11-19(15-7-8-15)17(20)16-9-13-5-3-4-6-14(13)10-18-16/h3-6,12,15-16,18H,7-11H2,1-2H3/t16-/m0/s1. The quantitative estimate of drug-likeness (QED) is 0.912. The van der Waals surface area contributed by atoms with Gasteiger partial charge in [0.2, 0.25) is 5.91 Å². The molecule has 0 unspecified atom stereocenters. The van der Waals surface area contributed by atoms with Gasteiger partial charge >= 0.3 is 0 Å². The number of rotatable bonds is 4.